The summed E-state index contributed by atoms with van der Waals surface area (Å²) in [4.78, 5) is 14.7. The summed E-state index contributed by atoms with van der Waals surface area (Å²) < 4.78 is 43.2. The summed E-state index contributed by atoms with van der Waals surface area (Å²) in [7, 11) is -4.04. The SMILES string of the molecule is NC1CC2CCC(C1)C2C(=O)[C@@H]1C[C@H](Oc2ccc(Cl)c(-c3ccccc3)c2)CN1S(=O)(=O)c1ccc2cc(OC3CCCC3)ccc2c1. The number of halogens is 1. The second-order valence-electron chi connectivity index (χ2n) is 14.5. The number of carbonyl (C=O) groups excluding carboxylic acids is 1. The van der Waals surface area contributed by atoms with Crippen molar-refractivity contribution in [1.82, 2.24) is 4.31 Å². The van der Waals surface area contributed by atoms with E-state index in [9.17, 15) is 13.2 Å². The van der Waals surface area contributed by atoms with E-state index in [1.165, 1.54) is 17.1 Å². The second-order valence-corrected chi connectivity index (χ2v) is 16.8. The van der Waals surface area contributed by atoms with E-state index >= 15 is 0 Å². The van der Waals surface area contributed by atoms with Gasteiger partial charge in [-0.15, -0.1) is 0 Å². The van der Waals surface area contributed by atoms with E-state index in [1.54, 1.807) is 24.3 Å². The first-order valence-corrected chi connectivity index (χ1v) is 19.6. The van der Waals surface area contributed by atoms with Crippen LogP contribution in [0.5, 0.6) is 11.5 Å². The molecule has 9 heteroatoms. The molecule has 4 aromatic rings. The third kappa shape index (κ3) is 6.49. The van der Waals surface area contributed by atoms with Gasteiger partial charge in [0.05, 0.1) is 23.6 Å². The molecule has 3 saturated carbocycles. The number of hydrogen-bond donors (Lipinski definition) is 1. The van der Waals surface area contributed by atoms with Gasteiger partial charge in [-0.3, -0.25) is 4.79 Å². The predicted octanol–water partition coefficient (Wildman–Crippen LogP) is 8.02. The minimum atomic E-state index is -4.04. The van der Waals surface area contributed by atoms with Crippen LogP contribution in [0, 0.1) is 17.8 Å². The molecule has 4 aliphatic rings. The number of nitrogens with two attached hydrogens (primary N) is 1. The first-order valence-electron chi connectivity index (χ1n) is 17.8. The lowest BCUT2D eigenvalue weighted by Gasteiger charge is -2.35. The predicted molar refractivity (Wildman–Crippen MR) is 192 cm³/mol. The van der Waals surface area contributed by atoms with Crippen molar-refractivity contribution in [1.29, 1.82) is 0 Å². The van der Waals surface area contributed by atoms with Crippen LogP contribution in [0.25, 0.3) is 21.9 Å². The van der Waals surface area contributed by atoms with Crippen LogP contribution in [0.15, 0.2) is 89.8 Å². The van der Waals surface area contributed by atoms with Crippen LogP contribution in [0.1, 0.15) is 57.8 Å². The lowest BCUT2D eigenvalue weighted by Crippen LogP contribution is -2.47. The molecule has 2 N–H and O–H groups in total. The molecule has 4 aromatic carbocycles. The molecule has 256 valence electrons. The van der Waals surface area contributed by atoms with Crippen LogP contribution >= 0.6 is 11.6 Å². The van der Waals surface area contributed by atoms with E-state index in [0.717, 1.165) is 66.2 Å². The highest BCUT2D eigenvalue weighted by Crippen LogP contribution is 2.48. The van der Waals surface area contributed by atoms with Crippen molar-refractivity contribution >= 4 is 38.2 Å². The summed E-state index contributed by atoms with van der Waals surface area (Å²) in [5.41, 5.74) is 8.15. The molecule has 2 bridgehead atoms. The van der Waals surface area contributed by atoms with Crippen molar-refractivity contribution in [3.63, 3.8) is 0 Å². The summed E-state index contributed by atoms with van der Waals surface area (Å²) in [5, 5.41) is 2.32. The number of nitrogens with zero attached hydrogens (tertiary/aromatic N) is 1. The van der Waals surface area contributed by atoms with Gasteiger partial charge < -0.3 is 15.2 Å². The van der Waals surface area contributed by atoms with E-state index in [-0.39, 0.29) is 47.1 Å². The smallest absolute Gasteiger partial charge is 0.243 e. The molecule has 4 fully saturated rings. The molecular weight excluding hydrogens is 656 g/mol. The summed E-state index contributed by atoms with van der Waals surface area (Å²) in [6.07, 6.45) is 8.11. The lowest BCUT2D eigenvalue weighted by molar-refractivity contribution is -0.129. The zero-order valence-corrected chi connectivity index (χ0v) is 29.1. The maximum Gasteiger partial charge on any atom is 0.243 e. The Kier molecular flexibility index (Phi) is 8.93. The number of fused-ring (bicyclic) bond motifs is 3. The van der Waals surface area contributed by atoms with Crippen LogP contribution < -0.4 is 15.2 Å². The zero-order chi connectivity index (χ0) is 33.7. The molecule has 3 aliphatic carbocycles. The average molecular weight is 699 g/mol. The minimum Gasteiger partial charge on any atom is -0.490 e. The Morgan fingerprint density at radius 1 is 0.755 bits per heavy atom. The normalized spacial score (nSPS) is 27.5. The van der Waals surface area contributed by atoms with Crippen molar-refractivity contribution in [2.45, 2.75) is 87.0 Å². The molecule has 0 spiro atoms. The third-order valence-electron chi connectivity index (χ3n) is 11.3. The van der Waals surface area contributed by atoms with Gasteiger partial charge in [0.2, 0.25) is 10.0 Å². The maximum absolute atomic E-state index is 14.5. The van der Waals surface area contributed by atoms with Gasteiger partial charge in [0, 0.05) is 29.0 Å². The first-order chi connectivity index (χ1) is 23.7. The monoisotopic (exact) mass is 698 g/mol. The number of sulfonamides is 1. The average Bonchev–Trinajstić information content (AvgIpc) is 3.84. The number of ether oxygens (including phenoxy) is 2. The van der Waals surface area contributed by atoms with Crippen LogP contribution in [-0.4, -0.2) is 49.3 Å². The Morgan fingerprint density at radius 2 is 1.41 bits per heavy atom. The molecule has 0 amide bonds. The summed E-state index contributed by atoms with van der Waals surface area (Å²) >= 11 is 6.58. The lowest BCUT2D eigenvalue weighted by atomic mass is 9.73. The van der Waals surface area contributed by atoms with Gasteiger partial charge >= 0.3 is 0 Å². The Bertz CT molecular complexity index is 1950. The number of carbonyl (C=O) groups is 1. The van der Waals surface area contributed by atoms with E-state index in [0.29, 0.717) is 17.2 Å². The molecule has 0 radical (unpaired) electrons. The highest BCUT2D eigenvalue weighted by molar-refractivity contribution is 7.89. The summed E-state index contributed by atoms with van der Waals surface area (Å²) in [5.74, 6) is 1.65. The number of ketones is 1. The van der Waals surface area contributed by atoms with Gasteiger partial charge in [-0.2, -0.15) is 4.31 Å². The van der Waals surface area contributed by atoms with Crippen molar-refractivity contribution in [2.75, 3.05) is 6.54 Å². The van der Waals surface area contributed by atoms with Gasteiger partial charge in [-0.1, -0.05) is 54.1 Å². The Hall–Kier alpha value is -3.43. The standard InChI is InChI=1S/C40H43ClN2O5S/c41-37-17-15-33(22-36(37)25-6-2-1-3-7-25)48-34-23-38(40(44)39-28-10-11-29(39)19-30(42)18-28)43(24-34)49(45,46)35-16-13-26-20-32(14-12-27(26)21-35)47-31-8-4-5-9-31/h1-3,6-7,12-17,20-22,28-31,34,38-39H,4-5,8-11,18-19,23-24,42H2/t28?,29?,30?,34-,38-,39?/m0/s1. The molecule has 8 rings (SSSR count). The highest BCUT2D eigenvalue weighted by atomic mass is 35.5. The van der Waals surface area contributed by atoms with Gasteiger partial charge in [-0.25, -0.2) is 8.42 Å². The molecule has 1 heterocycles. The summed E-state index contributed by atoms with van der Waals surface area (Å²) in [6, 6.07) is 25.7. The number of Topliss-reactive ketones (excluding diaryl/α,β-unsaturated/α-hetero) is 1. The van der Waals surface area contributed by atoms with Crippen molar-refractivity contribution in [2.24, 2.45) is 23.5 Å². The number of rotatable bonds is 9. The molecule has 7 nitrogen and oxygen atoms in total. The van der Waals surface area contributed by atoms with Gasteiger partial charge in [0.25, 0.3) is 0 Å². The molecular formula is C40H43ClN2O5S. The zero-order valence-electron chi connectivity index (χ0n) is 27.5. The van der Waals surface area contributed by atoms with Gasteiger partial charge in [0.15, 0.2) is 5.78 Å². The maximum atomic E-state index is 14.5. The van der Waals surface area contributed by atoms with Crippen LogP contribution in [0.2, 0.25) is 5.02 Å². The second kappa shape index (κ2) is 13.4. The minimum absolute atomic E-state index is 0.0182. The van der Waals surface area contributed by atoms with Crippen LogP contribution in [0.4, 0.5) is 0 Å². The van der Waals surface area contributed by atoms with E-state index in [1.807, 2.05) is 60.7 Å². The number of hydrogen-bond acceptors (Lipinski definition) is 6. The van der Waals surface area contributed by atoms with Crippen molar-refractivity contribution in [3.8, 4) is 22.6 Å². The molecule has 1 saturated heterocycles. The summed E-state index contributed by atoms with van der Waals surface area (Å²) in [6.45, 7) is 0.0792. The van der Waals surface area contributed by atoms with Crippen LogP contribution in [-0.2, 0) is 14.8 Å². The topological polar surface area (TPSA) is 98.9 Å². The molecule has 0 aromatic heterocycles. The quantitative estimate of drug-likeness (QED) is 0.190. The fourth-order valence-electron chi connectivity index (χ4n) is 9.02. The van der Waals surface area contributed by atoms with Gasteiger partial charge in [0.1, 0.15) is 17.6 Å². The molecule has 1 aliphatic heterocycles. The highest BCUT2D eigenvalue weighted by Gasteiger charge is 2.52. The fourth-order valence-corrected chi connectivity index (χ4v) is 10.9. The molecule has 49 heavy (non-hydrogen) atoms. The Balaban J connectivity index is 1.09. The third-order valence-corrected chi connectivity index (χ3v) is 13.5. The Labute approximate surface area is 293 Å². The molecule has 2 unspecified atom stereocenters. The Morgan fingerprint density at radius 3 is 2.16 bits per heavy atom. The molecule has 4 atom stereocenters. The number of benzene rings is 4. The van der Waals surface area contributed by atoms with E-state index < -0.39 is 22.2 Å². The van der Waals surface area contributed by atoms with Crippen molar-refractivity contribution in [3.05, 3.63) is 90.0 Å². The van der Waals surface area contributed by atoms with E-state index in [4.69, 9.17) is 26.8 Å². The fraction of sp³-hybridized carbons (Fsp3) is 0.425. The van der Waals surface area contributed by atoms with Crippen LogP contribution in [0.3, 0.4) is 0 Å². The van der Waals surface area contributed by atoms with Gasteiger partial charge in [-0.05, 0) is 122 Å². The first kappa shape index (κ1) is 32.8. The largest absolute Gasteiger partial charge is 0.490 e. The van der Waals surface area contributed by atoms with Crippen molar-refractivity contribution < 1.29 is 22.7 Å². The van der Waals surface area contributed by atoms with E-state index in [2.05, 4.69) is 0 Å².